The predicted octanol–water partition coefficient (Wildman–Crippen LogP) is 2.64. The number of sulfonamides is 1. The van der Waals surface area contributed by atoms with Gasteiger partial charge in [-0.2, -0.15) is 4.31 Å². The van der Waals surface area contributed by atoms with Crippen LogP contribution in [0.4, 0.5) is 5.82 Å². The maximum absolute atomic E-state index is 12.8. The van der Waals surface area contributed by atoms with E-state index in [1.807, 2.05) is 0 Å². The van der Waals surface area contributed by atoms with Gasteiger partial charge in [0.25, 0.3) is 5.91 Å². The quantitative estimate of drug-likeness (QED) is 0.852. The monoisotopic (exact) mass is 400 g/mol. The van der Waals surface area contributed by atoms with Crippen LogP contribution >= 0.6 is 0 Å². The molecule has 2 heterocycles. The molecule has 7 nitrogen and oxygen atoms in total. The van der Waals surface area contributed by atoms with Gasteiger partial charge in [0.05, 0.1) is 4.90 Å². The van der Waals surface area contributed by atoms with Gasteiger partial charge in [-0.05, 0) is 62.3 Å². The summed E-state index contributed by atoms with van der Waals surface area (Å²) in [5.41, 5.74) is 2.38. The van der Waals surface area contributed by atoms with E-state index < -0.39 is 10.0 Å². The van der Waals surface area contributed by atoms with Crippen molar-refractivity contribution in [1.82, 2.24) is 14.3 Å². The average Bonchev–Trinajstić information content (AvgIpc) is 3.18. The van der Waals surface area contributed by atoms with Crippen molar-refractivity contribution in [3.63, 3.8) is 0 Å². The topological polar surface area (TPSA) is 92.3 Å². The summed E-state index contributed by atoms with van der Waals surface area (Å²) in [6.45, 7) is 3.16. The Bertz CT molecular complexity index is 989. The molecule has 1 aliphatic heterocycles. The van der Waals surface area contributed by atoms with E-state index in [1.165, 1.54) is 18.5 Å². The lowest BCUT2D eigenvalue weighted by Crippen LogP contribution is -2.39. The fourth-order valence-electron chi connectivity index (χ4n) is 3.94. The summed E-state index contributed by atoms with van der Waals surface area (Å²) in [5.74, 6) is 0.609. The molecule has 1 atom stereocenters. The molecule has 2 aliphatic rings. The Kier molecular flexibility index (Phi) is 5.16. The molecule has 0 bridgehead atoms. The summed E-state index contributed by atoms with van der Waals surface area (Å²) in [5, 5.41) is 2.84. The van der Waals surface area contributed by atoms with Crippen LogP contribution in [-0.2, 0) is 22.9 Å². The van der Waals surface area contributed by atoms with Crippen molar-refractivity contribution in [2.24, 2.45) is 5.92 Å². The number of nitrogens with zero attached hydrogens (tertiary/aromatic N) is 3. The van der Waals surface area contributed by atoms with E-state index in [1.54, 1.807) is 16.4 Å². The van der Waals surface area contributed by atoms with E-state index in [2.05, 4.69) is 22.2 Å². The molecule has 1 aromatic carbocycles. The summed E-state index contributed by atoms with van der Waals surface area (Å²) in [4.78, 5) is 21.3. The van der Waals surface area contributed by atoms with Crippen LogP contribution in [0.5, 0.6) is 0 Å². The molecule has 1 aromatic heterocycles. The highest BCUT2D eigenvalue weighted by molar-refractivity contribution is 7.89. The Morgan fingerprint density at radius 3 is 2.68 bits per heavy atom. The lowest BCUT2D eigenvalue weighted by Gasteiger charge is -2.30. The zero-order valence-electron chi connectivity index (χ0n) is 15.9. The van der Waals surface area contributed by atoms with Crippen molar-refractivity contribution in [3.05, 3.63) is 47.4 Å². The first-order valence-corrected chi connectivity index (χ1v) is 11.1. The number of carbonyl (C=O) groups excluding carboxylic acids is 1. The first kappa shape index (κ1) is 19.0. The molecule has 2 aromatic rings. The second-order valence-corrected chi connectivity index (χ2v) is 9.53. The molecule has 1 saturated heterocycles. The number of hydrogen-bond donors (Lipinski definition) is 1. The molecule has 8 heteroatoms. The number of hydrogen-bond acceptors (Lipinski definition) is 5. The standard InChI is InChI=1S/C20H24N4O3S/c1-14-4-3-11-24(12-14)28(26,27)16-9-7-15(8-10-16)20(25)23-19-17-5-2-6-18(17)21-13-22-19/h7-10,13-14H,2-6,11-12H2,1H3,(H,21,22,23,25). The van der Waals surface area contributed by atoms with Gasteiger partial charge in [0.1, 0.15) is 12.1 Å². The van der Waals surface area contributed by atoms with Crippen LogP contribution in [0, 0.1) is 5.92 Å². The Labute approximate surface area is 165 Å². The Morgan fingerprint density at radius 1 is 1.14 bits per heavy atom. The number of benzene rings is 1. The van der Waals surface area contributed by atoms with Crippen LogP contribution < -0.4 is 5.32 Å². The largest absolute Gasteiger partial charge is 0.306 e. The van der Waals surface area contributed by atoms with Gasteiger partial charge in [-0.3, -0.25) is 4.79 Å². The SMILES string of the molecule is CC1CCCN(S(=O)(=O)c2ccc(C(=O)Nc3ncnc4c3CCC4)cc2)C1. The first-order chi connectivity index (χ1) is 13.4. The zero-order valence-corrected chi connectivity index (χ0v) is 16.7. The fourth-order valence-corrected chi connectivity index (χ4v) is 5.54. The highest BCUT2D eigenvalue weighted by atomic mass is 32.2. The number of piperidine rings is 1. The zero-order chi connectivity index (χ0) is 19.7. The molecule has 0 saturated carbocycles. The third kappa shape index (κ3) is 3.66. The number of fused-ring (bicyclic) bond motifs is 1. The molecule has 0 spiro atoms. The number of anilines is 1. The van der Waals surface area contributed by atoms with E-state index in [9.17, 15) is 13.2 Å². The van der Waals surface area contributed by atoms with Crippen molar-refractivity contribution < 1.29 is 13.2 Å². The average molecular weight is 401 g/mol. The maximum Gasteiger partial charge on any atom is 0.256 e. The van der Waals surface area contributed by atoms with E-state index >= 15 is 0 Å². The van der Waals surface area contributed by atoms with Crippen molar-refractivity contribution in [3.8, 4) is 0 Å². The molecule has 1 amide bonds. The van der Waals surface area contributed by atoms with Gasteiger partial charge in [0.2, 0.25) is 10.0 Å². The lowest BCUT2D eigenvalue weighted by molar-refractivity contribution is 0.102. The van der Waals surface area contributed by atoms with Gasteiger partial charge in [-0.25, -0.2) is 18.4 Å². The highest BCUT2D eigenvalue weighted by Crippen LogP contribution is 2.26. The Hall–Kier alpha value is -2.32. The predicted molar refractivity (Wildman–Crippen MR) is 106 cm³/mol. The van der Waals surface area contributed by atoms with Crippen molar-refractivity contribution >= 4 is 21.7 Å². The summed E-state index contributed by atoms with van der Waals surface area (Å²) in [7, 11) is -3.52. The minimum Gasteiger partial charge on any atom is -0.306 e. The van der Waals surface area contributed by atoms with Crippen molar-refractivity contribution in [1.29, 1.82) is 0 Å². The molecule has 1 unspecified atom stereocenters. The molecule has 4 rings (SSSR count). The van der Waals surface area contributed by atoms with Gasteiger partial charge < -0.3 is 5.32 Å². The van der Waals surface area contributed by atoms with Crippen molar-refractivity contribution in [2.75, 3.05) is 18.4 Å². The molecule has 1 N–H and O–H groups in total. The maximum atomic E-state index is 12.8. The van der Waals surface area contributed by atoms with Gasteiger partial charge in [0.15, 0.2) is 0 Å². The Morgan fingerprint density at radius 2 is 1.93 bits per heavy atom. The highest BCUT2D eigenvalue weighted by Gasteiger charge is 2.28. The van der Waals surface area contributed by atoms with Crippen LogP contribution in [0.1, 0.15) is 47.8 Å². The molecule has 148 valence electrons. The van der Waals surface area contributed by atoms with Gasteiger partial charge in [-0.15, -0.1) is 0 Å². The molecular formula is C20H24N4O3S. The number of nitrogens with one attached hydrogen (secondary N) is 1. The minimum absolute atomic E-state index is 0.223. The minimum atomic E-state index is -3.52. The molecule has 1 aliphatic carbocycles. The van der Waals surface area contributed by atoms with E-state index in [0.29, 0.717) is 30.4 Å². The van der Waals surface area contributed by atoms with Gasteiger partial charge in [0, 0.05) is 29.9 Å². The summed E-state index contributed by atoms with van der Waals surface area (Å²) >= 11 is 0. The van der Waals surface area contributed by atoms with Crippen LogP contribution in [0.25, 0.3) is 0 Å². The molecular weight excluding hydrogens is 376 g/mol. The lowest BCUT2D eigenvalue weighted by atomic mass is 10.0. The number of carbonyl (C=O) groups is 1. The van der Waals surface area contributed by atoms with E-state index in [4.69, 9.17) is 0 Å². The number of amides is 1. The van der Waals surface area contributed by atoms with Gasteiger partial charge >= 0.3 is 0 Å². The second-order valence-electron chi connectivity index (χ2n) is 7.59. The third-order valence-corrected chi connectivity index (χ3v) is 7.36. The van der Waals surface area contributed by atoms with Crippen LogP contribution in [-0.4, -0.2) is 41.7 Å². The molecule has 28 heavy (non-hydrogen) atoms. The van der Waals surface area contributed by atoms with E-state index in [-0.39, 0.29) is 10.8 Å². The van der Waals surface area contributed by atoms with Crippen LogP contribution in [0.2, 0.25) is 0 Å². The summed E-state index contributed by atoms with van der Waals surface area (Å²) in [6.07, 6.45) is 6.18. The molecule has 1 fully saturated rings. The Balaban J connectivity index is 1.50. The molecule has 0 radical (unpaired) electrons. The van der Waals surface area contributed by atoms with Crippen molar-refractivity contribution in [2.45, 2.75) is 43.9 Å². The number of aromatic nitrogens is 2. The normalized spacial score (nSPS) is 20.0. The third-order valence-electron chi connectivity index (χ3n) is 5.48. The smallest absolute Gasteiger partial charge is 0.256 e. The summed E-state index contributed by atoms with van der Waals surface area (Å²) < 4.78 is 27.2. The summed E-state index contributed by atoms with van der Waals surface area (Å²) in [6, 6.07) is 6.12. The first-order valence-electron chi connectivity index (χ1n) is 9.69. The van der Waals surface area contributed by atoms with E-state index in [0.717, 1.165) is 43.4 Å². The number of aryl methyl sites for hydroxylation is 1. The van der Waals surface area contributed by atoms with Crippen LogP contribution in [0.3, 0.4) is 0 Å². The van der Waals surface area contributed by atoms with Crippen LogP contribution in [0.15, 0.2) is 35.5 Å². The number of rotatable bonds is 4. The second kappa shape index (κ2) is 7.60. The fraction of sp³-hybridized carbons (Fsp3) is 0.450. The van der Waals surface area contributed by atoms with Gasteiger partial charge in [-0.1, -0.05) is 6.92 Å².